The fourth-order valence-corrected chi connectivity index (χ4v) is 3.65. The normalized spacial score (nSPS) is 15.9. The first-order valence-corrected chi connectivity index (χ1v) is 9.29. The summed E-state index contributed by atoms with van der Waals surface area (Å²) in [4.78, 5) is 29.8. The summed E-state index contributed by atoms with van der Waals surface area (Å²) in [5.74, 6) is 0.641. The lowest BCUT2D eigenvalue weighted by Gasteiger charge is -2.18. The molecule has 0 radical (unpaired) electrons. The van der Waals surface area contributed by atoms with Gasteiger partial charge >= 0.3 is 0 Å². The van der Waals surface area contributed by atoms with E-state index in [1.807, 2.05) is 18.5 Å². The monoisotopic (exact) mass is 357 g/mol. The number of nitrogens with zero attached hydrogens (tertiary/aromatic N) is 4. The molecule has 6 heteroatoms. The molecule has 1 amide bonds. The SMILES string of the molecule is O=C1NCCc2c1ccnc2-c1cc(Cc2cncc(C3CC3)c2)ncn1. The second kappa shape index (κ2) is 6.54. The molecule has 3 aromatic rings. The van der Waals surface area contributed by atoms with Crippen LogP contribution >= 0.6 is 0 Å². The van der Waals surface area contributed by atoms with E-state index in [9.17, 15) is 4.79 Å². The molecule has 1 N–H and O–H groups in total. The third-order valence-electron chi connectivity index (χ3n) is 5.18. The molecule has 1 aliphatic heterocycles. The van der Waals surface area contributed by atoms with Crippen molar-refractivity contribution in [1.82, 2.24) is 25.3 Å². The zero-order valence-corrected chi connectivity index (χ0v) is 14.9. The number of rotatable bonds is 4. The van der Waals surface area contributed by atoms with Crippen LogP contribution in [0.2, 0.25) is 0 Å². The molecule has 1 aliphatic carbocycles. The van der Waals surface area contributed by atoms with E-state index in [0.717, 1.165) is 34.6 Å². The van der Waals surface area contributed by atoms with Crippen LogP contribution in [0.4, 0.5) is 0 Å². The Hall–Kier alpha value is -3.15. The molecule has 2 aliphatic rings. The molecule has 0 bridgehead atoms. The number of fused-ring (bicyclic) bond motifs is 1. The first-order valence-electron chi connectivity index (χ1n) is 9.29. The minimum atomic E-state index is -0.0443. The van der Waals surface area contributed by atoms with E-state index in [2.05, 4.69) is 31.3 Å². The first kappa shape index (κ1) is 16.1. The summed E-state index contributed by atoms with van der Waals surface area (Å²) >= 11 is 0. The van der Waals surface area contributed by atoms with Gasteiger partial charge in [-0.15, -0.1) is 0 Å². The van der Waals surface area contributed by atoms with Crippen molar-refractivity contribution in [1.29, 1.82) is 0 Å². The van der Waals surface area contributed by atoms with Gasteiger partial charge in [0.15, 0.2) is 0 Å². The molecule has 6 nitrogen and oxygen atoms in total. The van der Waals surface area contributed by atoms with Crippen LogP contribution in [0.3, 0.4) is 0 Å². The lowest BCUT2D eigenvalue weighted by molar-refractivity contribution is 0.0946. The molecular formula is C21H19N5O. The van der Waals surface area contributed by atoms with Gasteiger partial charge < -0.3 is 5.32 Å². The van der Waals surface area contributed by atoms with Gasteiger partial charge in [-0.1, -0.05) is 6.07 Å². The zero-order chi connectivity index (χ0) is 18.2. The Morgan fingerprint density at radius 3 is 2.93 bits per heavy atom. The second-order valence-electron chi connectivity index (χ2n) is 7.16. The number of hydrogen-bond acceptors (Lipinski definition) is 5. The van der Waals surface area contributed by atoms with Gasteiger partial charge in [-0.25, -0.2) is 9.97 Å². The molecule has 0 atom stereocenters. The van der Waals surface area contributed by atoms with E-state index < -0.39 is 0 Å². The summed E-state index contributed by atoms with van der Waals surface area (Å²) in [5.41, 5.74) is 6.59. The Kier molecular flexibility index (Phi) is 3.89. The van der Waals surface area contributed by atoms with Crippen LogP contribution in [-0.2, 0) is 12.8 Å². The average Bonchev–Trinajstić information content (AvgIpc) is 3.54. The minimum absolute atomic E-state index is 0.0443. The van der Waals surface area contributed by atoms with Crippen molar-refractivity contribution in [3.63, 3.8) is 0 Å². The van der Waals surface area contributed by atoms with Crippen molar-refractivity contribution in [2.75, 3.05) is 6.54 Å². The third kappa shape index (κ3) is 3.18. The van der Waals surface area contributed by atoms with Crippen LogP contribution in [0.1, 0.15) is 51.5 Å². The molecule has 134 valence electrons. The fraction of sp³-hybridized carbons (Fsp3) is 0.286. The maximum absolute atomic E-state index is 12.1. The van der Waals surface area contributed by atoms with Crippen molar-refractivity contribution in [2.45, 2.75) is 31.6 Å². The van der Waals surface area contributed by atoms with Gasteiger partial charge in [-0.3, -0.25) is 14.8 Å². The van der Waals surface area contributed by atoms with E-state index in [-0.39, 0.29) is 5.91 Å². The van der Waals surface area contributed by atoms with Crippen LogP contribution in [0.15, 0.2) is 43.1 Å². The Balaban J connectivity index is 1.47. The first-order chi connectivity index (χ1) is 13.3. The van der Waals surface area contributed by atoms with Gasteiger partial charge in [0.1, 0.15) is 6.33 Å². The smallest absolute Gasteiger partial charge is 0.251 e. The molecule has 3 aromatic heterocycles. The highest BCUT2D eigenvalue weighted by molar-refractivity contribution is 5.98. The lowest BCUT2D eigenvalue weighted by atomic mass is 9.97. The highest BCUT2D eigenvalue weighted by atomic mass is 16.1. The molecule has 0 aromatic carbocycles. The Bertz CT molecular complexity index is 1030. The predicted octanol–water partition coefficient (Wildman–Crippen LogP) is 2.69. The molecular weight excluding hydrogens is 338 g/mol. The molecule has 0 saturated heterocycles. The van der Waals surface area contributed by atoms with Crippen molar-refractivity contribution >= 4 is 5.91 Å². The Morgan fingerprint density at radius 1 is 1.11 bits per heavy atom. The largest absolute Gasteiger partial charge is 0.352 e. The highest BCUT2D eigenvalue weighted by Crippen LogP contribution is 2.39. The fourth-order valence-electron chi connectivity index (χ4n) is 3.65. The van der Waals surface area contributed by atoms with E-state index in [1.165, 1.54) is 18.4 Å². The number of nitrogens with one attached hydrogen (secondary N) is 1. The third-order valence-corrected chi connectivity index (χ3v) is 5.18. The predicted molar refractivity (Wildman–Crippen MR) is 100 cm³/mol. The van der Waals surface area contributed by atoms with Crippen molar-refractivity contribution < 1.29 is 4.79 Å². The molecule has 1 saturated carbocycles. The van der Waals surface area contributed by atoms with Gasteiger partial charge in [0.05, 0.1) is 11.4 Å². The molecule has 5 rings (SSSR count). The number of hydrogen-bond donors (Lipinski definition) is 1. The number of carbonyl (C=O) groups is 1. The topological polar surface area (TPSA) is 80.7 Å². The summed E-state index contributed by atoms with van der Waals surface area (Å²) in [7, 11) is 0. The van der Waals surface area contributed by atoms with Crippen molar-refractivity contribution in [2.24, 2.45) is 0 Å². The van der Waals surface area contributed by atoms with Crippen LogP contribution in [0.5, 0.6) is 0 Å². The highest BCUT2D eigenvalue weighted by Gasteiger charge is 2.24. The van der Waals surface area contributed by atoms with E-state index in [4.69, 9.17) is 0 Å². The Morgan fingerprint density at radius 2 is 2.04 bits per heavy atom. The summed E-state index contributed by atoms with van der Waals surface area (Å²) in [6.45, 7) is 0.627. The van der Waals surface area contributed by atoms with Crippen LogP contribution in [-0.4, -0.2) is 32.4 Å². The van der Waals surface area contributed by atoms with Crippen LogP contribution < -0.4 is 5.32 Å². The maximum atomic E-state index is 12.1. The van der Waals surface area contributed by atoms with E-state index in [0.29, 0.717) is 24.4 Å². The van der Waals surface area contributed by atoms with E-state index >= 15 is 0 Å². The number of amides is 1. The molecule has 0 spiro atoms. The zero-order valence-electron chi connectivity index (χ0n) is 14.9. The van der Waals surface area contributed by atoms with E-state index in [1.54, 1.807) is 18.6 Å². The summed E-state index contributed by atoms with van der Waals surface area (Å²) in [5, 5.41) is 2.87. The molecule has 0 unspecified atom stereocenters. The number of aromatic nitrogens is 4. The van der Waals surface area contributed by atoms with Gasteiger partial charge in [-0.05, 0) is 54.0 Å². The standard InChI is InChI=1S/C21H19N5O/c27-21-18-4-5-23-20(17(18)3-6-24-21)19-9-16(25-12-26-19)8-13-7-15(11-22-10-13)14-1-2-14/h4-5,7,9-12,14H,1-3,6,8H2,(H,24,27). The second-order valence-corrected chi connectivity index (χ2v) is 7.16. The maximum Gasteiger partial charge on any atom is 0.251 e. The lowest BCUT2D eigenvalue weighted by Crippen LogP contribution is -2.32. The number of pyridine rings is 2. The Labute approximate surface area is 157 Å². The van der Waals surface area contributed by atoms with Gasteiger partial charge in [0.25, 0.3) is 5.91 Å². The quantitative estimate of drug-likeness (QED) is 0.776. The molecule has 1 fully saturated rings. The van der Waals surface area contributed by atoms with Gasteiger partial charge in [-0.2, -0.15) is 0 Å². The van der Waals surface area contributed by atoms with Crippen LogP contribution in [0.25, 0.3) is 11.4 Å². The average molecular weight is 357 g/mol. The minimum Gasteiger partial charge on any atom is -0.352 e. The van der Waals surface area contributed by atoms with Crippen molar-refractivity contribution in [3.05, 3.63) is 71.1 Å². The molecule has 4 heterocycles. The van der Waals surface area contributed by atoms with Gasteiger partial charge in [0, 0.05) is 42.8 Å². The van der Waals surface area contributed by atoms with Gasteiger partial charge in [0.2, 0.25) is 0 Å². The van der Waals surface area contributed by atoms with Crippen LogP contribution in [0, 0.1) is 0 Å². The number of carbonyl (C=O) groups excluding carboxylic acids is 1. The summed E-state index contributed by atoms with van der Waals surface area (Å²) < 4.78 is 0. The summed E-state index contributed by atoms with van der Waals surface area (Å²) in [6.07, 6.45) is 11.1. The van der Waals surface area contributed by atoms with Crippen molar-refractivity contribution in [3.8, 4) is 11.4 Å². The summed E-state index contributed by atoms with van der Waals surface area (Å²) in [6, 6.07) is 5.98. The molecule has 27 heavy (non-hydrogen) atoms.